The predicted octanol–water partition coefficient (Wildman–Crippen LogP) is 0.578. The molecule has 0 spiro atoms. The van der Waals surface area contributed by atoms with Crippen molar-refractivity contribution in [1.82, 2.24) is 0 Å². The van der Waals surface area contributed by atoms with E-state index in [0.717, 1.165) is 12.0 Å². The molecule has 0 heterocycles. The monoisotopic (exact) mass is 166 g/mol. The Bertz CT molecular complexity index is 213. The number of hydrogen-bond acceptors (Lipinski definition) is 3. The predicted molar refractivity (Wildman–Crippen MR) is 48.2 cm³/mol. The van der Waals surface area contributed by atoms with Crippen molar-refractivity contribution in [2.24, 2.45) is 11.6 Å². The lowest BCUT2D eigenvalue weighted by molar-refractivity contribution is 0.123. The highest BCUT2D eigenvalue weighted by molar-refractivity contribution is 5.26. The Kier molecular flexibility index (Phi) is 3.73. The molecule has 0 aliphatic heterocycles. The third-order valence-electron chi connectivity index (χ3n) is 1.77. The molecule has 0 amide bonds. The summed E-state index contributed by atoms with van der Waals surface area (Å²) >= 11 is 0. The Morgan fingerprint density at radius 3 is 2.42 bits per heavy atom. The van der Waals surface area contributed by atoms with Crippen LogP contribution in [0.1, 0.15) is 11.1 Å². The van der Waals surface area contributed by atoms with Gasteiger partial charge in [0.25, 0.3) is 0 Å². The van der Waals surface area contributed by atoms with E-state index in [-0.39, 0.29) is 0 Å². The zero-order valence-electron chi connectivity index (χ0n) is 6.99. The molecule has 1 aromatic rings. The van der Waals surface area contributed by atoms with Crippen LogP contribution in [0, 0.1) is 0 Å². The summed E-state index contributed by atoms with van der Waals surface area (Å²) in [6.45, 7) is 1.11. The molecular formula is C9H14N2O. The standard InChI is InChI=1S/C9H14N2O/c10-6-5-8-3-1-2-4-9(8)7-12-11/h1-4H,5-7,10-11H2. The van der Waals surface area contributed by atoms with E-state index in [9.17, 15) is 0 Å². The third-order valence-corrected chi connectivity index (χ3v) is 1.77. The van der Waals surface area contributed by atoms with Crippen LogP contribution in [0.4, 0.5) is 0 Å². The summed E-state index contributed by atoms with van der Waals surface area (Å²) in [6, 6.07) is 8.00. The highest BCUT2D eigenvalue weighted by atomic mass is 16.6. The van der Waals surface area contributed by atoms with Gasteiger partial charge in [-0.2, -0.15) is 0 Å². The summed E-state index contributed by atoms with van der Waals surface area (Å²) in [5.74, 6) is 4.99. The van der Waals surface area contributed by atoms with Crippen molar-refractivity contribution in [2.75, 3.05) is 6.54 Å². The molecule has 3 nitrogen and oxygen atoms in total. The summed E-state index contributed by atoms with van der Waals surface area (Å²) in [5, 5.41) is 0. The second-order valence-corrected chi connectivity index (χ2v) is 2.62. The average Bonchev–Trinajstić information content (AvgIpc) is 2.09. The third kappa shape index (κ3) is 2.30. The minimum Gasteiger partial charge on any atom is -0.330 e. The average molecular weight is 166 g/mol. The molecule has 0 aliphatic carbocycles. The van der Waals surface area contributed by atoms with Gasteiger partial charge in [-0.1, -0.05) is 24.3 Å². The topological polar surface area (TPSA) is 61.3 Å². The fourth-order valence-corrected chi connectivity index (χ4v) is 1.19. The van der Waals surface area contributed by atoms with Crippen molar-refractivity contribution in [2.45, 2.75) is 13.0 Å². The van der Waals surface area contributed by atoms with Crippen LogP contribution >= 0.6 is 0 Å². The minimum absolute atomic E-state index is 0.455. The first kappa shape index (κ1) is 9.19. The van der Waals surface area contributed by atoms with Crippen LogP contribution in [0.15, 0.2) is 24.3 Å². The van der Waals surface area contributed by atoms with Crippen LogP contribution in [0.25, 0.3) is 0 Å². The molecule has 66 valence electrons. The number of nitrogens with two attached hydrogens (primary N) is 2. The Hall–Kier alpha value is -0.900. The molecule has 0 aliphatic rings. The lowest BCUT2D eigenvalue weighted by Gasteiger charge is -2.05. The lowest BCUT2D eigenvalue weighted by Crippen LogP contribution is -2.07. The van der Waals surface area contributed by atoms with Gasteiger partial charge in [0, 0.05) is 0 Å². The minimum atomic E-state index is 0.455. The summed E-state index contributed by atoms with van der Waals surface area (Å²) in [7, 11) is 0. The van der Waals surface area contributed by atoms with E-state index in [4.69, 9.17) is 11.6 Å². The lowest BCUT2D eigenvalue weighted by atomic mass is 10.1. The van der Waals surface area contributed by atoms with Gasteiger partial charge in [-0.05, 0) is 24.1 Å². The SMILES string of the molecule is NCCc1ccccc1CON. The van der Waals surface area contributed by atoms with Crippen LogP contribution in [0.3, 0.4) is 0 Å². The van der Waals surface area contributed by atoms with Gasteiger partial charge in [0.05, 0.1) is 6.61 Å². The van der Waals surface area contributed by atoms with E-state index in [0.29, 0.717) is 13.2 Å². The van der Waals surface area contributed by atoms with Gasteiger partial charge in [-0.15, -0.1) is 0 Å². The van der Waals surface area contributed by atoms with E-state index in [1.54, 1.807) is 0 Å². The van der Waals surface area contributed by atoms with E-state index < -0.39 is 0 Å². The quantitative estimate of drug-likeness (QED) is 0.643. The molecule has 1 aromatic carbocycles. The smallest absolute Gasteiger partial charge is 0.0932 e. The molecule has 4 N–H and O–H groups in total. The fourth-order valence-electron chi connectivity index (χ4n) is 1.19. The molecule has 0 saturated heterocycles. The number of benzene rings is 1. The van der Waals surface area contributed by atoms with Crippen LogP contribution in [0.5, 0.6) is 0 Å². The molecule has 0 unspecified atom stereocenters. The molecule has 12 heavy (non-hydrogen) atoms. The highest BCUT2D eigenvalue weighted by Gasteiger charge is 1.99. The van der Waals surface area contributed by atoms with Crippen molar-refractivity contribution < 1.29 is 4.84 Å². The molecule has 0 fully saturated rings. The van der Waals surface area contributed by atoms with Gasteiger partial charge in [0.2, 0.25) is 0 Å². The normalized spacial score (nSPS) is 10.2. The maximum atomic E-state index is 5.45. The Balaban J connectivity index is 2.77. The van der Waals surface area contributed by atoms with Crippen molar-refractivity contribution in [3.63, 3.8) is 0 Å². The highest BCUT2D eigenvalue weighted by Crippen LogP contribution is 2.09. The van der Waals surface area contributed by atoms with Crippen LogP contribution in [0.2, 0.25) is 0 Å². The fraction of sp³-hybridized carbons (Fsp3) is 0.333. The van der Waals surface area contributed by atoms with Gasteiger partial charge in [-0.25, -0.2) is 5.90 Å². The summed E-state index contributed by atoms with van der Waals surface area (Å²) in [6.07, 6.45) is 0.875. The molecule has 1 rings (SSSR count). The van der Waals surface area contributed by atoms with Crippen molar-refractivity contribution >= 4 is 0 Å². The van der Waals surface area contributed by atoms with Crippen molar-refractivity contribution in [3.8, 4) is 0 Å². The molecule has 3 heteroatoms. The summed E-state index contributed by atoms with van der Waals surface area (Å²) in [4.78, 5) is 4.57. The second-order valence-electron chi connectivity index (χ2n) is 2.62. The molecule has 0 bridgehead atoms. The molecule has 0 aromatic heterocycles. The van der Waals surface area contributed by atoms with E-state index >= 15 is 0 Å². The summed E-state index contributed by atoms with van der Waals surface area (Å²) in [5.41, 5.74) is 7.78. The second kappa shape index (κ2) is 4.87. The number of hydrogen-bond donors (Lipinski definition) is 2. The first-order chi connectivity index (χ1) is 5.88. The van der Waals surface area contributed by atoms with Crippen molar-refractivity contribution in [3.05, 3.63) is 35.4 Å². The van der Waals surface area contributed by atoms with Gasteiger partial charge in [-0.3, -0.25) is 4.84 Å². The van der Waals surface area contributed by atoms with Gasteiger partial charge in [0.15, 0.2) is 0 Å². The maximum Gasteiger partial charge on any atom is 0.0932 e. The van der Waals surface area contributed by atoms with Gasteiger partial charge < -0.3 is 5.73 Å². The molecule has 0 atom stereocenters. The van der Waals surface area contributed by atoms with Crippen molar-refractivity contribution in [1.29, 1.82) is 0 Å². The zero-order valence-corrected chi connectivity index (χ0v) is 6.99. The van der Waals surface area contributed by atoms with Crippen LogP contribution in [-0.2, 0) is 17.9 Å². The first-order valence-corrected chi connectivity index (χ1v) is 3.97. The molecule has 0 radical (unpaired) electrons. The van der Waals surface area contributed by atoms with Gasteiger partial charge in [0.1, 0.15) is 0 Å². The zero-order chi connectivity index (χ0) is 8.81. The number of rotatable bonds is 4. The summed E-state index contributed by atoms with van der Waals surface area (Å²) < 4.78 is 0. The maximum absolute atomic E-state index is 5.45. The van der Waals surface area contributed by atoms with Crippen LogP contribution < -0.4 is 11.6 Å². The Morgan fingerprint density at radius 1 is 1.17 bits per heavy atom. The van der Waals surface area contributed by atoms with E-state index in [2.05, 4.69) is 4.84 Å². The molecular weight excluding hydrogens is 152 g/mol. The Morgan fingerprint density at radius 2 is 1.83 bits per heavy atom. The molecule has 0 saturated carbocycles. The largest absolute Gasteiger partial charge is 0.330 e. The van der Waals surface area contributed by atoms with E-state index in [1.165, 1.54) is 5.56 Å². The Labute approximate surface area is 72.3 Å². The van der Waals surface area contributed by atoms with E-state index in [1.807, 2.05) is 24.3 Å². The van der Waals surface area contributed by atoms with Crippen LogP contribution in [-0.4, -0.2) is 6.54 Å². The first-order valence-electron chi connectivity index (χ1n) is 3.97. The van der Waals surface area contributed by atoms with Gasteiger partial charge >= 0.3 is 0 Å².